The van der Waals surface area contributed by atoms with Crippen LogP contribution in [0.1, 0.15) is 57.4 Å². The van der Waals surface area contributed by atoms with Gasteiger partial charge in [0, 0.05) is 30.7 Å². The van der Waals surface area contributed by atoms with Crippen molar-refractivity contribution in [3.8, 4) is 0 Å². The predicted octanol–water partition coefficient (Wildman–Crippen LogP) is 3.94. The van der Waals surface area contributed by atoms with Crippen LogP contribution in [0.25, 0.3) is 0 Å². The number of nitrogens with one attached hydrogen (secondary N) is 2. The second kappa shape index (κ2) is 9.06. The van der Waals surface area contributed by atoms with Crippen molar-refractivity contribution in [2.45, 2.75) is 64.3 Å². The minimum atomic E-state index is -0.0151. The highest BCUT2D eigenvalue weighted by molar-refractivity contribution is 5.93. The topological polar surface area (TPSA) is 61.4 Å². The first kappa shape index (κ1) is 18.7. The Morgan fingerprint density at radius 2 is 1.73 bits per heavy atom. The van der Waals surface area contributed by atoms with E-state index < -0.39 is 0 Å². The van der Waals surface area contributed by atoms with Crippen LogP contribution in [0.2, 0.25) is 0 Å². The molecule has 5 nitrogen and oxygen atoms in total. The number of aryl methyl sites for hydroxylation is 1. The van der Waals surface area contributed by atoms with Crippen LogP contribution in [-0.4, -0.2) is 36.0 Å². The van der Waals surface area contributed by atoms with Crippen molar-refractivity contribution in [2.24, 2.45) is 5.92 Å². The summed E-state index contributed by atoms with van der Waals surface area (Å²) in [7, 11) is 0. The number of nitrogens with zero attached hydrogens (tertiary/aromatic N) is 1. The number of amides is 3. The molecule has 1 aromatic carbocycles. The lowest BCUT2D eigenvalue weighted by Gasteiger charge is -2.33. The number of para-hydroxylation sites is 1. The highest BCUT2D eigenvalue weighted by Crippen LogP contribution is 2.22. The molecule has 0 atom stereocenters. The van der Waals surface area contributed by atoms with Crippen molar-refractivity contribution in [1.29, 1.82) is 0 Å². The number of rotatable bonds is 4. The van der Waals surface area contributed by atoms with E-state index in [4.69, 9.17) is 0 Å². The molecule has 2 N–H and O–H groups in total. The third-order valence-corrected chi connectivity index (χ3v) is 5.74. The number of likely N-dealkylation sites (tertiary alicyclic amines) is 1. The first-order valence-electron chi connectivity index (χ1n) is 10.1. The van der Waals surface area contributed by atoms with Gasteiger partial charge in [0.15, 0.2) is 0 Å². The third kappa shape index (κ3) is 4.77. The number of carbonyl (C=O) groups excluding carboxylic acids is 2. The first-order valence-corrected chi connectivity index (χ1v) is 10.1. The molecule has 3 rings (SSSR count). The van der Waals surface area contributed by atoms with E-state index in [-0.39, 0.29) is 17.9 Å². The minimum absolute atomic E-state index is 0.0151. The van der Waals surface area contributed by atoms with Crippen molar-refractivity contribution in [3.63, 3.8) is 0 Å². The second-order valence-corrected chi connectivity index (χ2v) is 7.55. The molecule has 2 fully saturated rings. The summed E-state index contributed by atoms with van der Waals surface area (Å²) in [6.45, 7) is 3.41. The molecule has 0 bridgehead atoms. The van der Waals surface area contributed by atoms with E-state index in [0.717, 1.165) is 43.4 Å². The molecule has 5 heteroatoms. The van der Waals surface area contributed by atoms with Gasteiger partial charge in [-0.1, -0.05) is 44.4 Å². The van der Waals surface area contributed by atoms with Crippen LogP contribution in [0.15, 0.2) is 24.3 Å². The van der Waals surface area contributed by atoms with Crippen LogP contribution in [0, 0.1) is 5.92 Å². The van der Waals surface area contributed by atoms with Gasteiger partial charge in [-0.15, -0.1) is 0 Å². The Bertz CT molecular complexity index is 617. The van der Waals surface area contributed by atoms with Gasteiger partial charge in [-0.2, -0.15) is 0 Å². The van der Waals surface area contributed by atoms with Crippen LogP contribution in [-0.2, 0) is 11.2 Å². The van der Waals surface area contributed by atoms with E-state index in [0.29, 0.717) is 19.1 Å². The number of carbonyl (C=O) groups is 2. The standard InChI is InChI=1S/C21H31N3O2/c1-2-16-8-6-7-11-19(16)23-20(25)17-12-14-24(15-13-17)21(26)22-18-9-4-3-5-10-18/h6-8,11,17-18H,2-5,9-10,12-15H2,1H3,(H,22,26)(H,23,25). The fourth-order valence-electron chi connectivity index (χ4n) is 4.04. The number of benzene rings is 1. The molecular weight excluding hydrogens is 326 g/mol. The number of hydrogen-bond acceptors (Lipinski definition) is 2. The van der Waals surface area contributed by atoms with Gasteiger partial charge in [-0.05, 0) is 43.7 Å². The number of urea groups is 1. The summed E-state index contributed by atoms with van der Waals surface area (Å²) in [4.78, 5) is 26.9. The summed E-state index contributed by atoms with van der Waals surface area (Å²) in [5.41, 5.74) is 2.07. The summed E-state index contributed by atoms with van der Waals surface area (Å²) in [6.07, 6.45) is 8.28. The SMILES string of the molecule is CCc1ccccc1NC(=O)C1CCN(C(=O)NC2CCCCC2)CC1. The number of piperidine rings is 1. The highest BCUT2D eigenvalue weighted by atomic mass is 16.2. The maximum Gasteiger partial charge on any atom is 0.317 e. The molecule has 1 aromatic rings. The molecule has 0 aromatic heterocycles. The van der Waals surface area contributed by atoms with Crippen LogP contribution in [0.4, 0.5) is 10.5 Å². The third-order valence-electron chi connectivity index (χ3n) is 5.74. The Kier molecular flexibility index (Phi) is 6.53. The van der Waals surface area contributed by atoms with Crippen LogP contribution >= 0.6 is 0 Å². The summed E-state index contributed by atoms with van der Waals surface area (Å²) < 4.78 is 0. The molecule has 2 aliphatic rings. The van der Waals surface area contributed by atoms with Gasteiger partial charge in [0.1, 0.15) is 0 Å². The predicted molar refractivity (Wildman–Crippen MR) is 104 cm³/mol. The van der Waals surface area contributed by atoms with E-state index in [9.17, 15) is 9.59 Å². The van der Waals surface area contributed by atoms with Gasteiger partial charge in [-0.25, -0.2) is 4.79 Å². The molecule has 0 spiro atoms. The number of hydrogen-bond donors (Lipinski definition) is 2. The average Bonchev–Trinajstić information content (AvgIpc) is 2.69. The van der Waals surface area contributed by atoms with Gasteiger partial charge in [0.2, 0.25) is 5.91 Å². The van der Waals surface area contributed by atoms with Gasteiger partial charge < -0.3 is 15.5 Å². The van der Waals surface area contributed by atoms with Gasteiger partial charge in [0.05, 0.1) is 0 Å². The minimum Gasteiger partial charge on any atom is -0.335 e. The van der Waals surface area contributed by atoms with Gasteiger partial charge >= 0.3 is 6.03 Å². The lowest BCUT2D eigenvalue weighted by Crippen LogP contribution is -2.49. The maximum absolute atomic E-state index is 12.6. The van der Waals surface area contributed by atoms with E-state index in [1.54, 1.807) is 0 Å². The van der Waals surface area contributed by atoms with Crippen molar-refractivity contribution in [3.05, 3.63) is 29.8 Å². The highest BCUT2D eigenvalue weighted by Gasteiger charge is 2.28. The Morgan fingerprint density at radius 3 is 2.42 bits per heavy atom. The van der Waals surface area contributed by atoms with E-state index >= 15 is 0 Å². The molecule has 1 aliphatic heterocycles. The molecule has 142 valence electrons. The van der Waals surface area contributed by atoms with Gasteiger partial charge in [0.25, 0.3) is 0 Å². The number of anilines is 1. The fourth-order valence-corrected chi connectivity index (χ4v) is 4.04. The Balaban J connectivity index is 1.46. The fraction of sp³-hybridized carbons (Fsp3) is 0.619. The molecule has 1 aliphatic carbocycles. The Morgan fingerprint density at radius 1 is 1.04 bits per heavy atom. The zero-order valence-electron chi connectivity index (χ0n) is 15.8. The molecule has 3 amide bonds. The first-order chi connectivity index (χ1) is 12.7. The van der Waals surface area contributed by atoms with E-state index in [1.807, 2.05) is 29.2 Å². The van der Waals surface area contributed by atoms with Crippen molar-refractivity contribution >= 4 is 17.6 Å². The van der Waals surface area contributed by atoms with Crippen LogP contribution in [0.3, 0.4) is 0 Å². The Hall–Kier alpha value is -2.04. The van der Waals surface area contributed by atoms with Crippen molar-refractivity contribution in [1.82, 2.24) is 10.2 Å². The van der Waals surface area contributed by atoms with Crippen LogP contribution < -0.4 is 10.6 Å². The normalized spacial score (nSPS) is 19.2. The molecule has 1 heterocycles. The smallest absolute Gasteiger partial charge is 0.317 e. The molecular formula is C21H31N3O2. The molecule has 0 unspecified atom stereocenters. The summed E-state index contributed by atoms with van der Waals surface area (Å²) in [6, 6.07) is 8.34. The zero-order valence-corrected chi connectivity index (χ0v) is 15.8. The maximum atomic E-state index is 12.6. The quantitative estimate of drug-likeness (QED) is 0.857. The molecule has 26 heavy (non-hydrogen) atoms. The van der Waals surface area contributed by atoms with E-state index in [1.165, 1.54) is 19.3 Å². The summed E-state index contributed by atoms with van der Waals surface area (Å²) >= 11 is 0. The lowest BCUT2D eigenvalue weighted by atomic mass is 9.95. The summed E-state index contributed by atoms with van der Waals surface area (Å²) in [5, 5.41) is 6.26. The monoisotopic (exact) mass is 357 g/mol. The lowest BCUT2D eigenvalue weighted by molar-refractivity contribution is -0.121. The molecule has 1 saturated carbocycles. The van der Waals surface area contributed by atoms with Crippen molar-refractivity contribution < 1.29 is 9.59 Å². The van der Waals surface area contributed by atoms with E-state index in [2.05, 4.69) is 17.6 Å². The molecule has 0 radical (unpaired) electrons. The van der Waals surface area contributed by atoms with Crippen molar-refractivity contribution in [2.75, 3.05) is 18.4 Å². The molecule has 1 saturated heterocycles. The largest absolute Gasteiger partial charge is 0.335 e. The Labute approximate surface area is 156 Å². The second-order valence-electron chi connectivity index (χ2n) is 7.55. The average molecular weight is 357 g/mol. The van der Waals surface area contributed by atoms with Gasteiger partial charge in [-0.3, -0.25) is 4.79 Å². The summed E-state index contributed by atoms with van der Waals surface area (Å²) in [5.74, 6) is 0.0666. The van der Waals surface area contributed by atoms with Crippen LogP contribution in [0.5, 0.6) is 0 Å². The zero-order chi connectivity index (χ0) is 18.4.